The van der Waals surface area contributed by atoms with Gasteiger partial charge in [-0.05, 0) is 24.6 Å². The molecule has 0 saturated carbocycles. The lowest BCUT2D eigenvalue weighted by Gasteiger charge is -2.18. The van der Waals surface area contributed by atoms with Crippen LogP contribution in [0.1, 0.15) is 12.0 Å². The van der Waals surface area contributed by atoms with E-state index in [-0.39, 0.29) is 18.5 Å². The molecule has 0 aliphatic carbocycles. The van der Waals surface area contributed by atoms with Gasteiger partial charge in [0.25, 0.3) is 0 Å². The number of rotatable bonds is 4. The Labute approximate surface area is 136 Å². The second kappa shape index (κ2) is 6.50. The number of alkyl halides is 3. The molecule has 6 nitrogen and oxygen atoms in total. The maximum Gasteiger partial charge on any atom is 0.417 e. The first-order valence-electron chi connectivity index (χ1n) is 7.47. The van der Waals surface area contributed by atoms with Gasteiger partial charge in [0, 0.05) is 37.7 Å². The first-order chi connectivity index (χ1) is 11.4. The van der Waals surface area contributed by atoms with Crippen LogP contribution in [0.5, 0.6) is 0 Å². The molecular formula is C15H16F3N5O. The van der Waals surface area contributed by atoms with Crippen molar-refractivity contribution in [1.29, 1.82) is 0 Å². The van der Waals surface area contributed by atoms with Gasteiger partial charge in [-0.25, -0.2) is 4.98 Å². The monoisotopic (exact) mass is 339 g/mol. The first-order valence-corrected chi connectivity index (χ1v) is 7.47. The van der Waals surface area contributed by atoms with Gasteiger partial charge in [-0.3, -0.25) is 9.48 Å². The van der Waals surface area contributed by atoms with E-state index < -0.39 is 11.7 Å². The fourth-order valence-electron chi connectivity index (χ4n) is 2.64. The van der Waals surface area contributed by atoms with E-state index in [0.29, 0.717) is 25.3 Å². The van der Waals surface area contributed by atoms with Crippen LogP contribution >= 0.6 is 0 Å². The molecule has 1 amide bonds. The zero-order chi connectivity index (χ0) is 17.2. The summed E-state index contributed by atoms with van der Waals surface area (Å²) in [5, 5.41) is 6.87. The predicted molar refractivity (Wildman–Crippen MR) is 80.2 cm³/mol. The lowest BCUT2D eigenvalue weighted by atomic mass is 10.2. The summed E-state index contributed by atoms with van der Waals surface area (Å²) in [6.45, 7) is 1.29. The largest absolute Gasteiger partial charge is 0.417 e. The van der Waals surface area contributed by atoms with E-state index >= 15 is 0 Å². The van der Waals surface area contributed by atoms with Gasteiger partial charge in [0.1, 0.15) is 12.4 Å². The summed E-state index contributed by atoms with van der Waals surface area (Å²) in [5.41, 5.74) is -0.769. The summed E-state index contributed by atoms with van der Waals surface area (Å²) in [6, 6.07) is 4.06. The quantitative estimate of drug-likeness (QED) is 0.921. The number of pyridine rings is 1. The standard InChI is InChI=1S/C15H16F3N5O/c16-15(17,18)11-2-3-13(19-8-11)22-7-4-12(9-22)21-14(24)10-23-6-1-5-20-23/h1-3,5-6,8,12H,4,7,9-10H2,(H,21,24). The van der Waals surface area contributed by atoms with E-state index in [2.05, 4.69) is 15.4 Å². The highest BCUT2D eigenvalue weighted by Crippen LogP contribution is 2.29. The molecule has 1 atom stereocenters. The Hall–Kier alpha value is -2.58. The minimum Gasteiger partial charge on any atom is -0.354 e. The van der Waals surface area contributed by atoms with E-state index in [0.717, 1.165) is 12.3 Å². The van der Waals surface area contributed by atoms with Crippen LogP contribution in [0.25, 0.3) is 0 Å². The van der Waals surface area contributed by atoms with E-state index in [1.807, 2.05) is 4.90 Å². The van der Waals surface area contributed by atoms with Crippen LogP contribution in [0, 0.1) is 0 Å². The number of aromatic nitrogens is 3. The number of carbonyl (C=O) groups is 1. The molecule has 1 unspecified atom stereocenters. The number of nitrogens with one attached hydrogen (secondary N) is 1. The Morgan fingerprint density at radius 1 is 1.38 bits per heavy atom. The van der Waals surface area contributed by atoms with Crippen LogP contribution in [-0.2, 0) is 17.5 Å². The van der Waals surface area contributed by atoms with Crippen LogP contribution in [-0.4, -0.2) is 39.8 Å². The lowest BCUT2D eigenvalue weighted by Crippen LogP contribution is -2.39. The van der Waals surface area contributed by atoms with Crippen molar-refractivity contribution in [3.05, 3.63) is 42.4 Å². The van der Waals surface area contributed by atoms with Crippen molar-refractivity contribution in [2.75, 3.05) is 18.0 Å². The average molecular weight is 339 g/mol. The Bertz CT molecular complexity index is 684. The lowest BCUT2D eigenvalue weighted by molar-refractivity contribution is -0.137. The third-order valence-corrected chi connectivity index (χ3v) is 3.82. The Kier molecular flexibility index (Phi) is 4.41. The summed E-state index contributed by atoms with van der Waals surface area (Å²) in [7, 11) is 0. The third-order valence-electron chi connectivity index (χ3n) is 3.82. The molecule has 128 valence electrons. The third kappa shape index (κ3) is 3.84. The van der Waals surface area contributed by atoms with Gasteiger partial charge >= 0.3 is 6.18 Å². The fourth-order valence-corrected chi connectivity index (χ4v) is 2.64. The van der Waals surface area contributed by atoms with Gasteiger partial charge in [-0.1, -0.05) is 0 Å². The number of halogens is 3. The number of amides is 1. The van der Waals surface area contributed by atoms with Crippen LogP contribution in [0.4, 0.5) is 19.0 Å². The molecule has 1 aliphatic heterocycles. The molecule has 0 bridgehead atoms. The maximum atomic E-state index is 12.5. The van der Waals surface area contributed by atoms with Gasteiger partial charge in [0.15, 0.2) is 0 Å². The predicted octanol–water partition coefficient (Wildman–Crippen LogP) is 1.69. The Morgan fingerprint density at radius 3 is 2.83 bits per heavy atom. The van der Waals surface area contributed by atoms with Gasteiger partial charge in [-0.2, -0.15) is 18.3 Å². The van der Waals surface area contributed by atoms with E-state index in [4.69, 9.17) is 0 Å². The molecule has 3 heterocycles. The van der Waals surface area contributed by atoms with E-state index in [9.17, 15) is 18.0 Å². The van der Waals surface area contributed by atoms with Crippen molar-refractivity contribution in [3.8, 4) is 0 Å². The SMILES string of the molecule is O=C(Cn1cccn1)NC1CCN(c2ccc(C(F)(F)F)cn2)C1. The maximum absolute atomic E-state index is 12.5. The summed E-state index contributed by atoms with van der Waals surface area (Å²) in [6.07, 6.45) is 0.458. The van der Waals surface area contributed by atoms with Gasteiger partial charge in [0.2, 0.25) is 5.91 Å². The number of hydrogen-bond acceptors (Lipinski definition) is 4. The van der Waals surface area contributed by atoms with Gasteiger partial charge in [-0.15, -0.1) is 0 Å². The molecule has 2 aromatic heterocycles. The zero-order valence-corrected chi connectivity index (χ0v) is 12.7. The molecule has 0 aromatic carbocycles. The van der Waals surface area contributed by atoms with Crippen LogP contribution < -0.4 is 10.2 Å². The normalized spacial score (nSPS) is 18.0. The van der Waals surface area contributed by atoms with Crippen molar-refractivity contribution in [2.24, 2.45) is 0 Å². The molecule has 0 radical (unpaired) electrons. The second-order valence-corrected chi connectivity index (χ2v) is 5.61. The van der Waals surface area contributed by atoms with Crippen LogP contribution in [0.15, 0.2) is 36.8 Å². The molecule has 9 heteroatoms. The van der Waals surface area contributed by atoms with Crippen molar-refractivity contribution in [3.63, 3.8) is 0 Å². The molecule has 2 aromatic rings. The van der Waals surface area contributed by atoms with Crippen molar-refractivity contribution < 1.29 is 18.0 Å². The van der Waals surface area contributed by atoms with Gasteiger partial charge in [0.05, 0.1) is 5.56 Å². The Morgan fingerprint density at radius 2 is 2.21 bits per heavy atom. The van der Waals surface area contributed by atoms with Gasteiger partial charge < -0.3 is 10.2 Å². The second-order valence-electron chi connectivity index (χ2n) is 5.61. The van der Waals surface area contributed by atoms with Crippen molar-refractivity contribution in [1.82, 2.24) is 20.1 Å². The number of anilines is 1. The van der Waals surface area contributed by atoms with Crippen molar-refractivity contribution in [2.45, 2.75) is 25.2 Å². The molecule has 1 fully saturated rings. The minimum atomic E-state index is -4.39. The first kappa shape index (κ1) is 16.3. The highest BCUT2D eigenvalue weighted by atomic mass is 19.4. The molecule has 1 N–H and O–H groups in total. The number of carbonyl (C=O) groups excluding carboxylic acids is 1. The topological polar surface area (TPSA) is 63.1 Å². The summed E-state index contributed by atoms with van der Waals surface area (Å²) in [4.78, 5) is 17.7. The molecule has 0 spiro atoms. The van der Waals surface area contributed by atoms with Crippen LogP contribution in [0.2, 0.25) is 0 Å². The Balaban J connectivity index is 1.54. The van der Waals surface area contributed by atoms with E-state index in [1.165, 1.54) is 10.7 Å². The summed E-state index contributed by atoms with van der Waals surface area (Å²) >= 11 is 0. The molecule has 24 heavy (non-hydrogen) atoms. The van der Waals surface area contributed by atoms with Crippen molar-refractivity contribution >= 4 is 11.7 Å². The summed E-state index contributed by atoms with van der Waals surface area (Å²) in [5.74, 6) is 0.331. The zero-order valence-electron chi connectivity index (χ0n) is 12.7. The molecular weight excluding hydrogens is 323 g/mol. The fraction of sp³-hybridized carbons (Fsp3) is 0.400. The average Bonchev–Trinajstić information content (AvgIpc) is 3.18. The number of hydrogen-bond donors (Lipinski definition) is 1. The van der Waals surface area contributed by atoms with E-state index in [1.54, 1.807) is 18.5 Å². The minimum absolute atomic E-state index is 0.0582. The molecule has 3 rings (SSSR count). The smallest absolute Gasteiger partial charge is 0.354 e. The summed E-state index contributed by atoms with van der Waals surface area (Å²) < 4.78 is 39.2. The molecule has 1 aliphatic rings. The highest BCUT2D eigenvalue weighted by Gasteiger charge is 2.31. The van der Waals surface area contributed by atoms with Crippen LogP contribution in [0.3, 0.4) is 0 Å². The number of nitrogens with zero attached hydrogens (tertiary/aromatic N) is 4. The molecule has 1 saturated heterocycles. The highest BCUT2D eigenvalue weighted by molar-refractivity contribution is 5.76.